The minimum absolute atomic E-state index is 0.0777. The molecule has 0 unspecified atom stereocenters. The summed E-state index contributed by atoms with van der Waals surface area (Å²) in [4.78, 5) is 38.6. The van der Waals surface area contributed by atoms with E-state index in [1.165, 1.54) is 46.0 Å². The lowest BCUT2D eigenvalue weighted by Crippen LogP contribution is -2.44. The normalized spacial score (nSPS) is 19.7. The van der Waals surface area contributed by atoms with Crippen LogP contribution in [0.3, 0.4) is 0 Å². The number of carbonyl (C=O) groups excluding carboxylic acids is 3. The van der Waals surface area contributed by atoms with Crippen molar-refractivity contribution in [2.24, 2.45) is 0 Å². The molecule has 2 amide bonds. The third-order valence-corrected chi connectivity index (χ3v) is 6.57. The van der Waals surface area contributed by atoms with Crippen LogP contribution in [0.5, 0.6) is 0 Å². The zero-order valence-electron chi connectivity index (χ0n) is 20.5. The van der Waals surface area contributed by atoms with E-state index in [1.807, 2.05) is 60.7 Å². The number of anilines is 2. The molecule has 0 atom stereocenters. The van der Waals surface area contributed by atoms with Gasteiger partial charge >= 0.3 is 0 Å². The van der Waals surface area contributed by atoms with Gasteiger partial charge in [0.05, 0.1) is 0 Å². The lowest BCUT2D eigenvalue weighted by molar-refractivity contribution is -0.115. The number of piperidine rings is 1. The van der Waals surface area contributed by atoms with Crippen molar-refractivity contribution in [2.45, 2.75) is 52.0 Å². The SMILES string of the molecule is CC(=O)Nc1ccc(C=C2CN(C3CCCCC3)CC(=Cc3ccc(NC(C)=O)cc3)C2=O)cc1. The van der Waals surface area contributed by atoms with Crippen molar-refractivity contribution >= 4 is 41.1 Å². The van der Waals surface area contributed by atoms with Gasteiger partial charge in [0.15, 0.2) is 5.78 Å². The second-order valence-corrected chi connectivity index (χ2v) is 9.47. The Bertz CT molecular complexity index is 1060. The summed E-state index contributed by atoms with van der Waals surface area (Å²) < 4.78 is 0. The van der Waals surface area contributed by atoms with Crippen molar-refractivity contribution in [3.05, 3.63) is 70.8 Å². The van der Waals surface area contributed by atoms with Crippen LogP contribution in [0.25, 0.3) is 12.2 Å². The van der Waals surface area contributed by atoms with Crippen molar-refractivity contribution in [3.63, 3.8) is 0 Å². The molecule has 0 bridgehead atoms. The van der Waals surface area contributed by atoms with Crippen molar-refractivity contribution < 1.29 is 14.4 Å². The summed E-state index contributed by atoms with van der Waals surface area (Å²) in [5.74, 6) is -0.142. The molecular weight excluding hydrogens is 438 g/mol. The molecule has 1 aliphatic heterocycles. The molecule has 0 radical (unpaired) electrons. The van der Waals surface area contributed by atoms with Crippen molar-refractivity contribution in [1.82, 2.24) is 4.90 Å². The van der Waals surface area contributed by atoms with E-state index in [1.54, 1.807) is 0 Å². The van der Waals surface area contributed by atoms with Crippen LogP contribution in [-0.2, 0) is 14.4 Å². The smallest absolute Gasteiger partial charge is 0.221 e. The first-order valence-corrected chi connectivity index (χ1v) is 12.3. The maximum Gasteiger partial charge on any atom is 0.221 e. The Kier molecular flexibility index (Phi) is 7.93. The van der Waals surface area contributed by atoms with E-state index in [0.29, 0.717) is 19.1 Å². The summed E-state index contributed by atoms with van der Waals surface area (Å²) in [6.07, 6.45) is 10.1. The molecule has 0 spiro atoms. The number of ketones is 1. The van der Waals surface area contributed by atoms with E-state index in [9.17, 15) is 14.4 Å². The van der Waals surface area contributed by atoms with Crippen LogP contribution in [0.2, 0.25) is 0 Å². The van der Waals surface area contributed by atoms with E-state index in [-0.39, 0.29) is 17.6 Å². The van der Waals surface area contributed by atoms with Crippen LogP contribution in [0, 0.1) is 0 Å². The monoisotopic (exact) mass is 471 g/mol. The minimum Gasteiger partial charge on any atom is -0.326 e. The fourth-order valence-electron chi connectivity index (χ4n) is 4.90. The van der Waals surface area contributed by atoms with Crippen LogP contribution in [0.15, 0.2) is 59.7 Å². The largest absolute Gasteiger partial charge is 0.326 e. The summed E-state index contributed by atoms with van der Waals surface area (Å²) >= 11 is 0. The quantitative estimate of drug-likeness (QED) is 0.581. The molecule has 0 aromatic heterocycles. The molecule has 1 heterocycles. The van der Waals surface area contributed by atoms with Crippen molar-refractivity contribution in [2.75, 3.05) is 23.7 Å². The third kappa shape index (κ3) is 6.76. The molecule has 1 saturated heterocycles. The van der Waals surface area contributed by atoms with Gasteiger partial charge in [-0.2, -0.15) is 0 Å². The van der Waals surface area contributed by atoms with Gasteiger partial charge in [0.25, 0.3) is 0 Å². The van der Waals surface area contributed by atoms with Gasteiger partial charge in [0.1, 0.15) is 0 Å². The number of benzene rings is 2. The maximum absolute atomic E-state index is 13.5. The highest BCUT2D eigenvalue weighted by atomic mass is 16.2. The molecule has 1 saturated carbocycles. The first-order valence-electron chi connectivity index (χ1n) is 12.3. The zero-order valence-corrected chi connectivity index (χ0v) is 20.5. The highest BCUT2D eigenvalue weighted by Gasteiger charge is 2.31. The van der Waals surface area contributed by atoms with Crippen molar-refractivity contribution in [1.29, 1.82) is 0 Å². The molecule has 2 aliphatic rings. The van der Waals surface area contributed by atoms with E-state index in [4.69, 9.17) is 0 Å². The average molecular weight is 472 g/mol. The molecule has 2 fully saturated rings. The topological polar surface area (TPSA) is 78.5 Å². The van der Waals surface area contributed by atoms with Gasteiger partial charge in [-0.3, -0.25) is 19.3 Å². The molecule has 1 aliphatic carbocycles. The maximum atomic E-state index is 13.5. The Morgan fingerprint density at radius 1 is 0.743 bits per heavy atom. The van der Waals surface area contributed by atoms with Crippen LogP contribution >= 0.6 is 0 Å². The van der Waals surface area contributed by atoms with Gasteiger partial charge in [-0.05, 0) is 60.4 Å². The van der Waals surface area contributed by atoms with Crippen molar-refractivity contribution in [3.8, 4) is 0 Å². The van der Waals surface area contributed by atoms with Gasteiger partial charge in [0.2, 0.25) is 11.8 Å². The van der Waals surface area contributed by atoms with Gasteiger partial charge in [-0.15, -0.1) is 0 Å². The molecule has 4 rings (SSSR count). The highest BCUT2D eigenvalue weighted by Crippen LogP contribution is 2.29. The Balaban J connectivity index is 1.61. The Hall–Kier alpha value is -3.51. The predicted octanol–water partition coefficient (Wildman–Crippen LogP) is 5.29. The number of hydrogen-bond acceptors (Lipinski definition) is 4. The van der Waals surface area contributed by atoms with Crippen LogP contribution in [0.4, 0.5) is 11.4 Å². The van der Waals surface area contributed by atoms with Gasteiger partial charge in [-0.25, -0.2) is 0 Å². The second kappa shape index (κ2) is 11.3. The van der Waals surface area contributed by atoms with Gasteiger partial charge < -0.3 is 10.6 Å². The molecule has 35 heavy (non-hydrogen) atoms. The Labute approximate surface area is 207 Å². The first kappa shape index (κ1) is 24.6. The molecule has 182 valence electrons. The molecule has 6 nitrogen and oxygen atoms in total. The Morgan fingerprint density at radius 3 is 1.57 bits per heavy atom. The lowest BCUT2D eigenvalue weighted by atomic mass is 9.89. The van der Waals surface area contributed by atoms with Crippen LogP contribution in [0.1, 0.15) is 57.1 Å². The number of nitrogens with one attached hydrogen (secondary N) is 2. The third-order valence-electron chi connectivity index (χ3n) is 6.57. The number of Topliss-reactive ketones (excluding diaryl/α,β-unsaturated/α-hetero) is 1. The standard InChI is InChI=1S/C29H33N3O3/c1-20(33)30-26-12-8-22(9-13-26)16-24-18-32(28-6-4-3-5-7-28)19-25(29(24)35)17-23-10-14-27(15-11-23)31-21(2)34/h8-17,28H,3-7,18-19H2,1-2H3,(H,30,33)(H,31,34). The van der Waals surface area contributed by atoms with E-state index in [2.05, 4.69) is 15.5 Å². The molecule has 2 N–H and O–H groups in total. The summed E-state index contributed by atoms with van der Waals surface area (Å²) in [7, 11) is 0. The number of likely N-dealkylation sites (tertiary alicyclic amines) is 1. The number of rotatable bonds is 5. The van der Waals surface area contributed by atoms with Crippen LogP contribution in [-0.4, -0.2) is 41.6 Å². The number of carbonyl (C=O) groups is 3. The average Bonchev–Trinajstić information content (AvgIpc) is 2.84. The summed E-state index contributed by atoms with van der Waals surface area (Å²) in [6.45, 7) is 4.26. The first-order chi connectivity index (χ1) is 16.9. The summed E-state index contributed by atoms with van der Waals surface area (Å²) in [5.41, 5.74) is 4.92. The van der Waals surface area contributed by atoms with Gasteiger partial charge in [0, 0.05) is 55.5 Å². The Morgan fingerprint density at radius 2 is 1.17 bits per heavy atom. The highest BCUT2D eigenvalue weighted by molar-refractivity contribution is 6.14. The molecule has 2 aromatic carbocycles. The fraction of sp³-hybridized carbons (Fsp3) is 0.345. The van der Waals surface area contributed by atoms with E-state index < -0.39 is 0 Å². The van der Waals surface area contributed by atoms with E-state index in [0.717, 1.165) is 33.6 Å². The summed E-state index contributed by atoms with van der Waals surface area (Å²) in [5, 5.41) is 5.55. The predicted molar refractivity (Wildman–Crippen MR) is 141 cm³/mol. The lowest BCUT2D eigenvalue weighted by Gasteiger charge is -2.38. The minimum atomic E-state index is -0.110. The zero-order chi connectivity index (χ0) is 24.8. The van der Waals surface area contributed by atoms with E-state index >= 15 is 0 Å². The fourth-order valence-corrected chi connectivity index (χ4v) is 4.90. The molecule has 6 heteroatoms. The number of nitrogens with zero attached hydrogens (tertiary/aromatic N) is 1. The summed E-state index contributed by atoms with van der Waals surface area (Å²) in [6, 6.07) is 15.6. The number of amides is 2. The van der Waals surface area contributed by atoms with Crippen LogP contribution < -0.4 is 10.6 Å². The number of hydrogen-bond donors (Lipinski definition) is 2. The molecular formula is C29H33N3O3. The van der Waals surface area contributed by atoms with Gasteiger partial charge in [-0.1, -0.05) is 43.5 Å². The second-order valence-electron chi connectivity index (χ2n) is 9.47. The molecule has 2 aromatic rings.